The zero-order chi connectivity index (χ0) is 26.4. The third-order valence-corrected chi connectivity index (χ3v) is 7.27. The van der Waals surface area contributed by atoms with Crippen molar-refractivity contribution in [2.24, 2.45) is 11.7 Å². The molecule has 1 aliphatic rings. The number of ether oxygens (including phenoxy) is 2. The number of hydrogen-bond donors (Lipinski definition) is 4. The summed E-state index contributed by atoms with van der Waals surface area (Å²) in [5, 5.41) is 24.7. The fourth-order valence-electron chi connectivity index (χ4n) is 4.65. The minimum Gasteiger partial charge on any atom is -0.497 e. The third-order valence-electron chi connectivity index (χ3n) is 6.74. The predicted molar refractivity (Wildman–Crippen MR) is 145 cm³/mol. The normalized spacial score (nSPS) is 19.2. The number of halogens is 1. The number of amides is 1. The molecule has 0 fully saturated rings. The number of carbonyl (C=O) groups excluding carboxylic acids is 1. The smallest absolute Gasteiger partial charge is 0.224 e. The Bertz CT molecular complexity index is 1190. The van der Waals surface area contributed by atoms with Gasteiger partial charge in [0.1, 0.15) is 24.2 Å². The highest BCUT2D eigenvalue weighted by atomic mass is 79.9. The van der Waals surface area contributed by atoms with Gasteiger partial charge in [0, 0.05) is 22.0 Å². The van der Waals surface area contributed by atoms with E-state index in [0.717, 1.165) is 21.2 Å². The molecule has 0 aliphatic carbocycles. The van der Waals surface area contributed by atoms with Gasteiger partial charge in [-0.3, -0.25) is 4.79 Å². The zero-order valence-electron chi connectivity index (χ0n) is 20.7. The van der Waals surface area contributed by atoms with Gasteiger partial charge < -0.3 is 30.7 Å². The Morgan fingerprint density at radius 2 is 1.86 bits per heavy atom. The lowest BCUT2D eigenvalue weighted by atomic mass is 9.88. The Labute approximate surface area is 225 Å². The maximum Gasteiger partial charge on any atom is 0.224 e. The van der Waals surface area contributed by atoms with Crippen molar-refractivity contribution >= 4 is 21.8 Å². The van der Waals surface area contributed by atoms with Crippen molar-refractivity contribution in [3.63, 3.8) is 0 Å². The molecule has 37 heavy (non-hydrogen) atoms. The molecule has 0 saturated carbocycles. The van der Waals surface area contributed by atoms with Crippen LogP contribution in [0.1, 0.15) is 29.2 Å². The lowest BCUT2D eigenvalue weighted by Crippen LogP contribution is -2.46. The van der Waals surface area contributed by atoms with E-state index in [1.165, 1.54) is 0 Å². The second kappa shape index (κ2) is 12.6. The number of hydrogen-bond acceptors (Lipinski definition) is 6. The fraction of sp³-hybridized carbons (Fsp3) is 0.345. The number of aliphatic hydroxyl groups excluding tert-OH is 2. The maximum atomic E-state index is 13.6. The summed E-state index contributed by atoms with van der Waals surface area (Å²) in [6.07, 6.45) is -0.764. The second-order valence-corrected chi connectivity index (χ2v) is 10.4. The minimum absolute atomic E-state index is 0.0865. The van der Waals surface area contributed by atoms with Gasteiger partial charge >= 0.3 is 0 Å². The Morgan fingerprint density at radius 3 is 2.62 bits per heavy atom. The van der Waals surface area contributed by atoms with Gasteiger partial charge in [-0.05, 0) is 60.7 Å². The van der Waals surface area contributed by atoms with Crippen LogP contribution >= 0.6 is 15.9 Å². The lowest BCUT2D eigenvalue weighted by molar-refractivity contribution is -0.128. The van der Waals surface area contributed by atoms with E-state index >= 15 is 0 Å². The van der Waals surface area contributed by atoms with Gasteiger partial charge in [-0.15, -0.1) is 0 Å². The third kappa shape index (κ3) is 7.11. The number of aliphatic hydroxyl groups is 2. The summed E-state index contributed by atoms with van der Waals surface area (Å²) in [6.45, 7) is 0.0865. The number of fused-ring (bicyclic) bond motifs is 1. The van der Waals surface area contributed by atoms with Crippen LogP contribution in [-0.4, -0.2) is 48.1 Å². The topological polar surface area (TPSA) is 114 Å². The van der Waals surface area contributed by atoms with Crippen LogP contribution in [0.15, 0.2) is 77.3 Å². The van der Waals surface area contributed by atoms with Crippen LogP contribution in [0, 0.1) is 5.92 Å². The number of rotatable bonds is 10. The average molecular weight is 569 g/mol. The molecule has 3 aromatic carbocycles. The monoisotopic (exact) mass is 568 g/mol. The fourth-order valence-corrected chi connectivity index (χ4v) is 4.92. The second-order valence-electron chi connectivity index (χ2n) is 9.45. The number of nitrogens with two attached hydrogens (primary N) is 1. The summed E-state index contributed by atoms with van der Waals surface area (Å²) >= 11 is 3.43. The molecule has 0 bridgehead atoms. The predicted octanol–water partition coefficient (Wildman–Crippen LogP) is 3.55. The van der Waals surface area contributed by atoms with E-state index in [-0.39, 0.29) is 18.9 Å². The van der Waals surface area contributed by atoms with Gasteiger partial charge in [-0.25, -0.2) is 0 Å². The summed E-state index contributed by atoms with van der Waals surface area (Å²) < 4.78 is 11.9. The van der Waals surface area contributed by atoms with E-state index in [1.807, 2.05) is 72.8 Å². The molecule has 0 radical (unpaired) electrons. The molecule has 4 rings (SSSR count). The van der Waals surface area contributed by atoms with Crippen LogP contribution < -0.4 is 20.5 Å². The van der Waals surface area contributed by atoms with E-state index in [1.54, 1.807) is 7.11 Å². The Kier molecular flexibility index (Phi) is 9.21. The van der Waals surface area contributed by atoms with Crippen LogP contribution in [-0.2, 0) is 17.6 Å². The van der Waals surface area contributed by atoms with Gasteiger partial charge in [0.15, 0.2) is 0 Å². The summed E-state index contributed by atoms with van der Waals surface area (Å²) in [5.41, 5.74) is 9.01. The lowest BCUT2D eigenvalue weighted by Gasteiger charge is -2.32. The van der Waals surface area contributed by atoms with Crippen molar-refractivity contribution in [3.05, 3.63) is 94.0 Å². The minimum atomic E-state index is -0.906. The molecule has 0 saturated heterocycles. The van der Waals surface area contributed by atoms with Crippen molar-refractivity contribution in [1.29, 1.82) is 0 Å². The van der Waals surface area contributed by atoms with Gasteiger partial charge in [0.2, 0.25) is 5.91 Å². The van der Waals surface area contributed by atoms with Crippen molar-refractivity contribution in [1.82, 2.24) is 5.32 Å². The van der Waals surface area contributed by atoms with Gasteiger partial charge in [0.05, 0.1) is 19.3 Å². The SMILES string of the molecule is COc1cccc(C[C@H](C[C@H](O)[C@@H](N)Cc2ccc(Br)cc2)C(=O)N[C@H]2c3ccccc3OC[C@H]2O)c1. The number of para-hydroxylation sites is 1. The Hall–Kier alpha value is -2.91. The first-order valence-corrected chi connectivity index (χ1v) is 13.1. The van der Waals surface area contributed by atoms with Crippen LogP contribution in [0.4, 0.5) is 0 Å². The van der Waals surface area contributed by atoms with Gasteiger partial charge in [-0.1, -0.05) is 58.4 Å². The van der Waals surface area contributed by atoms with E-state index in [9.17, 15) is 15.0 Å². The van der Waals surface area contributed by atoms with E-state index < -0.39 is 30.2 Å². The number of carbonyl (C=O) groups is 1. The van der Waals surface area contributed by atoms with Crippen molar-refractivity contribution in [3.8, 4) is 11.5 Å². The van der Waals surface area contributed by atoms with Crippen LogP contribution in [0.5, 0.6) is 11.5 Å². The highest BCUT2D eigenvalue weighted by Gasteiger charge is 2.33. The Morgan fingerprint density at radius 1 is 1.11 bits per heavy atom. The molecule has 1 amide bonds. The van der Waals surface area contributed by atoms with E-state index in [4.69, 9.17) is 15.2 Å². The largest absolute Gasteiger partial charge is 0.497 e. The average Bonchev–Trinajstić information content (AvgIpc) is 2.91. The van der Waals surface area contributed by atoms with Gasteiger partial charge in [0.25, 0.3) is 0 Å². The molecule has 7 nitrogen and oxygen atoms in total. The van der Waals surface area contributed by atoms with E-state index in [2.05, 4.69) is 21.2 Å². The summed E-state index contributed by atoms with van der Waals surface area (Å²) in [5.74, 6) is 0.482. The molecule has 0 spiro atoms. The van der Waals surface area contributed by atoms with Crippen molar-refractivity contribution < 1.29 is 24.5 Å². The van der Waals surface area contributed by atoms with Crippen LogP contribution in [0.3, 0.4) is 0 Å². The summed E-state index contributed by atoms with van der Waals surface area (Å²) in [4.78, 5) is 13.6. The molecule has 1 heterocycles. The van der Waals surface area contributed by atoms with Crippen molar-refractivity contribution in [2.45, 2.75) is 43.6 Å². The Balaban J connectivity index is 1.52. The summed E-state index contributed by atoms with van der Waals surface area (Å²) in [7, 11) is 1.60. The standard InChI is InChI=1S/C29H33BrN2O5/c1-36-22-6-4-5-19(14-22)13-20(16-25(33)24(31)15-18-9-11-21(30)12-10-18)29(35)32-28-23-7-2-3-8-27(23)37-17-26(28)34/h2-12,14,20,24-26,28,33-34H,13,15-17,31H2,1H3,(H,32,35)/t20-,24+,25+,26-,28+/m1/s1. The molecule has 196 valence electrons. The molecular weight excluding hydrogens is 536 g/mol. The highest BCUT2D eigenvalue weighted by Crippen LogP contribution is 2.32. The van der Waals surface area contributed by atoms with E-state index in [0.29, 0.717) is 24.3 Å². The molecule has 0 unspecified atom stereocenters. The first-order valence-electron chi connectivity index (χ1n) is 12.3. The molecular formula is C29H33BrN2O5. The number of benzene rings is 3. The van der Waals surface area contributed by atoms with Crippen molar-refractivity contribution in [2.75, 3.05) is 13.7 Å². The maximum absolute atomic E-state index is 13.6. The van der Waals surface area contributed by atoms with Crippen LogP contribution in [0.25, 0.3) is 0 Å². The molecule has 3 aromatic rings. The summed E-state index contributed by atoms with van der Waals surface area (Å²) in [6, 6.07) is 21.5. The number of methoxy groups -OCH3 is 1. The van der Waals surface area contributed by atoms with Gasteiger partial charge in [-0.2, -0.15) is 0 Å². The molecule has 8 heteroatoms. The number of nitrogens with one attached hydrogen (secondary N) is 1. The van der Waals surface area contributed by atoms with Crippen LogP contribution in [0.2, 0.25) is 0 Å². The quantitative estimate of drug-likeness (QED) is 0.297. The molecule has 5 N–H and O–H groups in total. The first-order chi connectivity index (χ1) is 17.8. The first kappa shape index (κ1) is 27.1. The highest BCUT2D eigenvalue weighted by molar-refractivity contribution is 9.10. The molecule has 0 aromatic heterocycles. The molecule has 1 aliphatic heterocycles. The molecule has 5 atom stereocenters. The zero-order valence-corrected chi connectivity index (χ0v) is 22.3.